The highest BCUT2D eigenvalue weighted by Gasteiger charge is 2.31. The number of benzene rings is 1. The molecule has 0 amide bonds. The third kappa shape index (κ3) is 3.98. The van der Waals surface area contributed by atoms with Crippen LogP contribution in [0.5, 0.6) is 5.75 Å². The monoisotopic (exact) mass is 286 g/mol. The van der Waals surface area contributed by atoms with Crippen LogP contribution < -0.4 is 10.1 Å². The molecule has 1 N–H and O–H groups in total. The van der Waals surface area contributed by atoms with Crippen molar-refractivity contribution in [2.24, 2.45) is 0 Å². The lowest BCUT2D eigenvalue weighted by molar-refractivity contribution is -0.274. The lowest BCUT2D eigenvalue weighted by Crippen LogP contribution is -2.44. The first-order chi connectivity index (χ1) is 9.49. The fourth-order valence-electron chi connectivity index (χ4n) is 2.32. The minimum Gasteiger partial charge on any atom is -0.406 e. The normalized spacial score (nSPS) is 18.6. The maximum absolute atomic E-state index is 12.1. The molecule has 1 atom stereocenters. The number of rotatable bonds is 4. The second-order valence-corrected chi connectivity index (χ2v) is 4.58. The Labute approximate surface area is 116 Å². The van der Waals surface area contributed by atoms with Crippen LogP contribution in [-0.4, -0.2) is 37.4 Å². The quantitative estimate of drug-likeness (QED) is 0.861. The van der Waals surface area contributed by atoms with E-state index in [9.17, 15) is 13.2 Å². The maximum Gasteiger partial charge on any atom is 0.573 e. The number of piperazine rings is 1. The van der Waals surface area contributed by atoms with Crippen LogP contribution in [-0.2, 0) is 0 Å². The van der Waals surface area contributed by atoms with E-state index in [0.29, 0.717) is 0 Å². The smallest absolute Gasteiger partial charge is 0.406 e. The van der Waals surface area contributed by atoms with Gasteiger partial charge in [-0.15, -0.1) is 19.8 Å². The number of halogens is 3. The molecule has 0 unspecified atom stereocenters. The summed E-state index contributed by atoms with van der Waals surface area (Å²) >= 11 is 0. The standard InChI is InChI=1S/C14H17F3N2O/c1-2-13(19-9-7-18-8-10-19)11-3-5-12(6-4-11)20-14(15,16)17/h2-6,13,18H,1,7-10H2/t13-/m1/s1. The molecule has 0 bridgehead atoms. The Bertz CT molecular complexity index is 439. The van der Waals surface area contributed by atoms with Gasteiger partial charge in [0.15, 0.2) is 0 Å². The number of hydrogen-bond acceptors (Lipinski definition) is 3. The lowest BCUT2D eigenvalue weighted by Gasteiger charge is -2.33. The van der Waals surface area contributed by atoms with Gasteiger partial charge in [-0.25, -0.2) is 0 Å². The van der Waals surface area contributed by atoms with Gasteiger partial charge in [0.2, 0.25) is 0 Å². The molecule has 0 radical (unpaired) electrons. The topological polar surface area (TPSA) is 24.5 Å². The molecule has 1 aliphatic heterocycles. The Morgan fingerprint density at radius 2 is 1.80 bits per heavy atom. The van der Waals surface area contributed by atoms with Crippen molar-refractivity contribution in [3.05, 3.63) is 42.5 Å². The van der Waals surface area contributed by atoms with Crippen LogP contribution in [0, 0.1) is 0 Å². The number of ether oxygens (including phenoxy) is 1. The van der Waals surface area contributed by atoms with Gasteiger partial charge < -0.3 is 10.1 Å². The van der Waals surface area contributed by atoms with Crippen LogP contribution in [0.25, 0.3) is 0 Å². The highest BCUT2D eigenvalue weighted by molar-refractivity contribution is 5.31. The summed E-state index contributed by atoms with van der Waals surface area (Å²) in [5.74, 6) is -0.204. The van der Waals surface area contributed by atoms with Crippen molar-refractivity contribution in [1.82, 2.24) is 10.2 Å². The zero-order chi connectivity index (χ0) is 14.6. The molecule has 0 spiro atoms. The van der Waals surface area contributed by atoms with E-state index in [-0.39, 0.29) is 11.8 Å². The Kier molecular flexibility index (Phi) is 4.67. The van der Waals surface area contributed by atoms with Crippen molar-refractivity contribution in [3.63, 3.8) is 0 Å². The van der Waals surface area contributed by atoms with Gasteiger partial charge in [0.05, 0.1) is 6.04 Å². The van der Waals surface area contributed by atoms with Crippen LogP contribution >= 0.6 is 0 Å². The Hall–Kier alpha value is -1.53. The summed E-state index contributed by atoms with van der Waals surface area (Å²) < 4.78 is 40.2. The largest absolute Gasteiger partial charge is 0.573 e. The van der Waals surface area contributed by atoms with Gasteiger partial charge in [-0.3, -0.25) is 4.90 Å². The fourth-order valence-corrected chi connectivity index (χ4v) is 2.32. The molecule has 1 saturated heterocycles. The summed E-state index contributed by atoms with van der Waals surface area (Å²) in [5, 5.41) is 3.26. The molecular formula is C14H17F3N2O. The lowest BCUT2D eigenvalue weighted by atomic mass is 10.0. The SMILES string of the molecule is C=C[C@H](c1ccc(OC(F)(F)F)cc1)N1CCNCC1. The highest BCUT2D eigenvalue weighted by atomic mass is 19.4. The van der Waals surface area contributed by atoms with Crippen LogP contribution in [0.3, 0.4) is 0 Å². The third-order valence-corrected chi connectivity index (χ3v) is 3.22. The van der Waals surface area contributed by atoms with E-state index >= 15 is 0 Å². The molecule has 6 heteroatoms. The average molecular weight is 286 g/mol. The maximum atomic E-state index is 12.1. The zero-order valence-electron chi connectivity index (χ0n) is 11.0. The number of alkyl halides is 3. The summed E-state index contributed by atoms with van der Waals surface area (Å²) in [5.41, 5.74) is 0.913. The molecule has 1 aromatic carbocycles. The van der Waals surface area contributed by atoms with Crippen molar-refractivity contribution in [1.29, 1.82) is 0 Å². The van der Waals surface area contributed by atoms with Crippen LogP contribution in [0.2, 0.25) is 0 Å². The first-order valence-electron chi connectivity index (χ1n) is 6.42. The van der Waals surface area contributed by atoms with Crippen LogP contribution in [0.4, 0.5) is 13.2 Å². The van der Waals surface area contributed by atoms with Gasteiger partial charge in [0.1, 0.15) is 5.75 Å². The molecule has 20 heavy (non-hydrogen) atoms. The highest BCUT2D eigenvalue weighted by Crippen LogP contribution is 2.27. The molecule has 1 heterocycles. The zero-order valence-corrected chi connectivity index (χ0v) is 11.0. The molecule has 3 nitrogen and oxygen atoms in total. The molecular weight excluding hydrogens is 269 g/mol. The molecule has 0 aliphatic carbocycles. The number of nitrogens with zero attached hydrogens (tertiary/aromatic N) is 1. The van der Waals surface area contributed by atoms with Gasteiger partial charge in [-0.1, -0.05) is 18.2 Å². The predicted octanol–water partition coefficient (Wildman–Crippen LogP) is 2.72. The fraction of sp³-hybridized carbons (Fsp3) is 0.429. The summed E-state index contributed by atoms with van der Waals surface area (Å²) in [6.45, 7) is 7.40. The van der Waals surface area contributed by atoms with E-state index in [0.717, 1.165) is 31.7 Å². The van der Waals surface area contributed by atoms with E-state index in [1.165, 1.54) is 12.1 Å². The van der Waals surface area contributed by atoms with Gasteiger partial charge >= 0.3 is 6.36 Å². The van der Waals surface area contributed by atoms with E-state index in [1.807, 2.05) is 6.08 Å². The second kappa shape index (κ2) is 6.28. The third-order valence-electron chi connectivity index (χ3n) is 3.22. The number of nitrogens with one attached hydrogen (secondary N) is 1. The van der Waals surface area contributed by atoms with E-state index in [2.05, 4.69) is 21.5 Å². The second-order valence-electron chi connectivity index (χ2n) is 4.58. The van der Waals surface area contributed by atoms with Gasteiger partial charge in [0, 0.05) is 26.2 Å². The molecule has 2 rings (SSSR count). The van der Waals surface area contributed by atoms with Gasteiger partial charge in [-0.2, -0.15) is 0 Å². The minimum atomic E-state index is -4.65. The van der Waals surface area contributed by atoms with Crippen LogP contribution in [0.1, 0.15) is 11.6 Å². The summed E-state index contributed by atoms with van der Waals surface area (Å²) in [7, 11) is 0. The van der Waals surface area contributed by atoms with Gasteiger partial charge in [0.25, 0.3) is 0 Å². The van der Waals surface area contributed by atoms with E-state index < -0.39 is 6.36 Å². The predicted molar refractivity (Wildman–Crippen MR) is 70.5 cm³/mol. The Morgan fingerprint density at radius 3 is 2.30 bits per heavy atom. The summed E-state index contributed by atoms with van der Waals surface area (Å²) in [6, 6.07) is 5.98. The molecule has 1 aliphatic rings. The van der Waals surface area contributed by atoms with Crippen molar-refractivity contribution < 1.29 is 17.9 Å². The minimum absolute atomic E-state index is 0.0111. The Balaban J connectivity index is 2.08. The van der Waals surface area contributed by atoms with E-state index in [1.54, 1.807) is 12.1 Å². The van der Waals surface area contributed by atoms with Crippen molar-refractivity contribution in [2.75, 3.05) is 26.2 Å². The van der Waals surface area contributed by atoms with Crippen LogP contribution in [0.15, 0.2) is 36.9 Å². The molecule has 0 saturated carbocycles. The molecule has 110 valence electrons. The average Bonchev–Trinajstić information content (AvgIpc) is 2.41. The van der Waals surface area contributed by atoms with Crippen molar-refractivity contribution >= 4 is 0 Å². The first kappa shape index (κ1) is 14.9. The summed E-state index contributed by atoms with van der Waals surface area (Å²) in [6.07, 6.45) is -2.84. The molecule has 0 aromatic heterocycles. The van der Waals surface area contributed by atoms with Gasteiger partial charge in [-0.05, 0) is 17.7 Å². The molecule has 1 fully saturated rings. The number of hydrogen-bond donors (Lipinski definition) is 1. The van der Waals surface area contributed by atoms with Crippen molar-refractivity contribution in [2.45, 2.75) is 12.4 Å². The molecule has 1 aromatic rings. The summed E-state index contributed by atoms with van der Waals surface area (Å²) in [4.78, 5) is 2.24. The van der Waals surface area contributed by atoms with E-state index in [4.69, 9.17) is 0 Å². The van der Waals surface area contributed by atoms with Crippen molar-refractivity contribution in [3.8, 4) is 5.75 Å². The Morgan fingerprint density at radius 1 is 1.20 bits per heavy atom. The first-order valence-corrected chi connectivity index (χ1v) is 6.42.